The summed E-state index contributed by atoms with van der Waals surface area (Å²) in [6, 6.07) is -0.882. The van der Waals surface area contributed by atoms with Crippen LogP contribution in [0.5, 0.6) is 0 Å². The van der Waals surface area contributed by atoms with Crippen LogP contribution in [-0.2, 0) is 19.1 Å². The Morgan fingerprint density at radius 2 is 1.89 bits per heavy atom. The Labute approximate surface area is 106 Å². The summed E-state index contributed by atoms with van der Waals surface area (Å²) in [5.74, 6) is -1.39. The van der Waals surface area contributed by atoms with E-state index in [1.807, 2.05) is 0 Å². The number of methoxy groups -OCH3 is 1. The zero-order valence-corrected chi connectivity index (χ0v) is 11.4. The van der Waals surface area contributed by atoms with Crippen LogP contribution in [-0.4, -0.2) is 41.6 Å². The highest BCUT2D eigenvalue weighted by atomic mass is 16.6. The number of imide groups is 1. The third-order valence-corrected chi connectivity index (χ3v) is 2.61. The van der Waals surface area contributed by atoms with Crippen LogP contribution in [0.2, 0.25) is 0 Å². The fourth-order valence-corrected chi connectivity index (χ4v) is 1.80. The van der Waals surface area contributed by atoms with Crippen molar-refractivity contribution in [1.29, 1.82) is 0 Å². The molecule has 6 heteroatoms. The minimum Gasteiger partial charge on any atom is -0.467 e. The van der Waals surface area contributed by atoms with Crippen molar-refractivity contribution in [2.75, 3.05) is 7.11 Å². The van der Waals surface area contributed by atoms with Crippen molar-refractivity contribution in [2.24, 2.45) is 5.92 Å². The number of ether oxygens (including phenoxy) is 2. The van der Waals surface area contributed by atoms with Crippen LogP contribution in [0, 0.1) is 5.92 Å². The molecule has 1 fully saturated rings. The van der Waals surface area contributed by atoms with Gasteiger partial charge in [-0.15, -0.1) is 0 Å². The molecule has 18 heavy (non-hydrogen) atoms. The van der Waals surface area contributed by atoms with Gasteiger partial charge in [0.25, 0.3) is 0 Å². The SMILES string of the molecule is COC(=O)[C@@H]1CC(C)C(=O)N1C(=O)OC(C)(C)C. The minimum atomic E-state index is -0.882. The first-order chi connectivity index (χ1) is 8.17. The van der Waals surface area contributed by atoms with E-state index in [-0.39, 0.29) is 12.3 Å². The van der Waals surface area contributed by atoms with Gasteiger partial charge >= 0.3 is 12.1 Å². The first-order valence-corrected chi connectivity index (χ1v) is 5.81. The topological polar surface area (TPSA) is 72.9 Å². The first kappa shape index (κ1) is 14.5. The molecule has 2 amide bonds. The van der Waals surface area contributed by atoms with E-state index >= 15 is 0 Å². The second-order valence-electron chi connectivity index (χ2n) is 5.36. The fraction of sp³-hybridized carbons (Fsp3) is 0.750. The van der Waals surface area contributed by atoms with Crippen molar-refractivity contribution in [3.8, 4) is 0 Å². The van der Waals surface area contributed by atoms with Crippen molar-refractivity contribution in [3.63, 3.8) is 0 Å². The van der Waals surface area contributed by atoms with Gasteiger partial charge in [-0.2, -0.15) is 0 Å². The summed E-state index contributed by atoms with van der Waals surface area (Å²) < 4.78 is 9.72. The summed E-state index contributed by atoms with van der Waals surface area (Å²) in [4.78, 5) is 36.2. The Morgan fingerprint density at radius 3 is 2.33 bits per heavy atom. The van der Waals surface area contributed by atoms with E-state index < -0.39 is 29.6 Å². The van der Waals surface area contributed by atoms with Crippen LogP contribution < -0.4 is 0 Å². The van der Waals surface area contributed by atoms with E-state index in [9.17, 15) is 14.4 Å². The number of nitrogens with zero attached hydrogens (tertiary/aromatic N) is 1. The zero-order chi connectivity index (χ0) is 14.1. The molecule has 1 heterocycles. The van der Waals surface area contributed by atoms with Gasteiger partial charge in [0, 0.05) is 5.92 Å². The molecule has 1 saturated heterocycles. The van der Waals surface area contributed by atoms with Gasteiger partial charge in [-0.25, -0.2) is 14.5 Å². The molecule has 0 radical (unpaired) electrons. The van der Waals surface area contributed by atoms with Gasteiger partial charge < -0.3 is 9.47 Å². The number of hydrogen-bond acceptors (Lipinski definition) is 5. The highest BCUT2D eigenvalue weighted by Crippen LogP contribution is 2.27. The van der Waals surface area contributed by atoms with Crippen molar-refractivity contribution < 1.29 is 23.9 Å². The van der Waals surface area contributed by atoms with E-state index in [4.69, 9.17) is 4.74 Å². The molecular formula is C12H19NO5. The number of likely N-dealkylation sites (tertiary alicyclic amines) is 1. The summed E-state index contributed by atoms with van der Waals surface area (Å²) in [6.45, 7) is 6.76. The molecule has 0 saturated carbocycles. The standard InChI is InChI=1S/C12H19NO5/c1-7-6-8(10(15)17-5)13(9(7)14)11(16)18-12(2,3)4/h7-8H,6H2,1-5H3/t7?,8-/m0/s1. The Bertz CT molecular complexity index is 371. The number of amides is 2. The minimum absolute atomic E-state index is 0.269. The number of carbonyl (C=O) groups is 3. The van der Waals surface area contributed by atoms with Gasteiger partial charge in [-0.05, 0) is 27.2 Å². The van der Waals surface area contributed by atoms with Crippen LogP contribution in [0.1, 0.15) is 34.1 Å². The Morgan fingerprint density at radius 1 is 1.33 bits per heavy atom. The van der Waals surface area contributed by atoms with Gasteiger partial charge in [-0.1, -0.05) is 6.92 Å². The second-order valence-corrected chi connectivity index (χ2v) is 5.36. The lowest BCUT2D eigenvalue weighted by molar-refractivity contribution is -0.148. The summed E-state index contributed by atoms with van der Waals surface area (Å²) in [5.41, 5.74) is -0.718. The van der Waals surface area contributed by atoms with Crippen molar-refractivity contribution in [3.05, 3.63) is 0 Å². The Balaban J connectivity index is 2.91. The van der Waals surface area contributed by atoms with Crippen molar-refractivity contribution in [1.82, 2.24) is 4.90 Å². The molecule has 0 N–H and O–H groups in total. The molecule has 0 aromatic heterocycles. The largest absolute Gasteiger partial charge is 0.467 e. The maximum absolute atomic E-state index is 11.9. The second kappa shape index (κ2) is 4.96. The Hall–Kier alpha value is -1.59. The van der Waals surface area contributed by atoms with Crippen LogP contribution in [0.25, 0.3) is 0 Å². The van der Waals surface area contributed by atoms with E-state index in [0.29, 0.717) is 0 Å². The monoisotopic (exact) mass is 257 g/mol. The van der Waals surface area contributed by atoms with Gasteiger partial charge in [0.15, 0.2) is 0 Å². The molecule has 0 aliphatic carbocycles. The van der Waals surface area contributed by atoms with E-state index in [1.54, 1.807) is 27.7 Å². The first-order valence-electron chi connectivity index (χ1n) is 5.81. The highest BCUT2D eigenvalue weighted by molar-refractivity contribution is 6.00. The average Bonchev–Trinajstić information content (AvgIpc) is 2.52. The highest BCUT2D eigenvalue weighted by Gasteiger charge is 2.46. The third kappa shape index (κ3) is 3.00. The van der Waals surface area contributed by atoms with Crippen LogP contribution in [0.3, 0.4) is 0 Å². The maximum Gasteiger partial charge on any atom is 0.417 e. The van der Waals surface area contributed by atoms with Crippen LogP contribution in [0.4, 0.5) is 4.79 Å². The molecule has 1 rings (SSSR count). The van der Waals surface area contributed by atoms with Crippen molar-refractivity contribution in [2.45, 2.75) is 45.8 Å². The number of carbonyl (C=O) groups excluding carboxylic acids is 3. The lowest BCUT2D eigenvalue weighted by Crippen LogP contribution is -2.46. The van der Waals surface area contributed by atoms with Gasteiger partial charge in [0.2, 0.25) is 5.91 Å². The van der Waals surface area contributed by atoms with Gasteiger partial charge in [-0.3, -0.25) is 4.79 Å². The van der Waals surface area contributed by atoms with E-state index in [1.165, 1.54) is 7.11 Å². The van der Waals surface area contributed by atoms with Crippen LogP contribution >= 0.6 is 0 Å². The predicted octanol–water partition coefficient (Wildman–Crippen LogP) is 1.33. The zero-order valence-electron chi connectivity index (χ0n) is 11.4. The predicted molar refractivity (Wildman–Crippen MR) is 62.7 cm³/mol. The fourth-order valence-electron chi connectivity index (χ4n) is 1.80. The number of esters is 1. The molecule has 0 aromatic rings. The smallest absolute Gasteiger partial charge is 0.417 e. The summed E-state index contributed by atoms with van der Waals surface area (Å²) in [5, 5.41) is 0. The number of rotatable bonds is 1. The lowest BCUT2D eigenvalue weighted by Gasteiger charge is -2.26. The normalized spacial score (nSPS) is 24.1. The third-order valence-electron chi connectivity index (χ3n) is 2.61. The summed E-state index contributed by atoms with van der Waals surface area (Å²) >= 11 is 0. The summed E-state index contributed by atoms with van der Waals surface area (Å²) in [6.07, 6.45) is -0.530. The molecular weight excluding hydrogens is 238 g/mol. The van der Waals surface area contributed by atoms with Crippen molar-refractivity contribution >= 4 is 18.0 Å². The summed E-state index contributed by atoms with van der Waals surface area (Å²) in [7, 11) is 1.23. The van der Waals surface area contributed by atoms with E-state index in [0.717, 1.165) is 4.90 Å². The quantitative estimate of drug-likeness (QED) is 0.663. The molecule has 1 aliphatic rings. The molecule has 6 nitrogen and oxygen atoms in total. The molecule has 102 valence electrons. The molecule has 2 atom stereocenters. The maximum atomic E-state index is 11.9. The number of hydrogen-bond donors (Lipinski definition) is 0. The van der Waals surface area contributed by atoms with Crippen LogP contribution in [0.15, 0.2) is 0 Å². The molecule has 0 spiro atoms. The lowest BCUT2D eigenvalue weighted by atomic mass is 10.1. The molecule has 0 bridgehead atoms. The molecule has 1 aliphatic heterocycles. The average molecular weight is 257 g/mol. The van der Waals surface area contributed by atoms with E-state index in [2.05, 4.69) is 4.74 Å². The van der Waals surface area contributed by atoms with Gasteiger partial charge in [0.1, 0.15) is 11.6 Å². The molecule has 1 unspecified atom stereocenters. The molecule has 0 aromatic carbocycles. The van der Waals surface area contributed by atoms with Gasteiger partial charge in [0.05, 0.1) is 7.11 Å². The Kier molecular flexibility index (Phi) is 3.98.